The number of nitrogens with two attached hydrogens (primary N) is 1. The van der Waals surface area contributed by atoms with Gasteiger partial charge in [-0.2, -0.15) is 5.26 Å². The fourth-order valence-electron chi connectivity index (χ4n) is 3.22. The van der Waals surface area contributed by atoms with Crippen LogP contribution in [-0.2, 0) is 0 Å². The van der Waals surface area contributed by atoms with Gasteiger partial charge in [-0.05, 0) is 17.7 Å². The van der Waals surface area contributed by atoms with Crippen molar-refractivity contribution in [3.8, 4) is 29.0 Å². The average Bonchev–Trinajstić information content (AvgIpc) is 3.10. The third-order valence-corrected chi connectivity index (χ3v) is 4.43. The number of fused-ring (bicyclic) bond motifs is 1. The summed E-state index contributed by atoms with van der Waals surface area (Å²) in [5.41, 5.74) is 9.75. The van der Waals surface area contributed by atoms with Crippen molar-refractivity contribution in [3.63, 3.8) is 0 Å². The fourth-order valence-corrected chi connectivity index (χ4v) is 3.22. The van der Waals surface area contributed by atoms with Crippen LogP contribution in [0.4, 0.5) is 0 Å². The molecule has 0 radical (unpaired) electrons. The normalized spacial score (nSPS) is 15.8. The number of benzene rings is 2. The lowest BCUT2D eigenvalue weighted by atomic mass is 9.83. The van der Waals surface area contributed by atoms with Gasteiger partial charge in [0.25, 0.3) is 0 Å². The summed E-state index contributed by atoms with van der Waals surface area (Å²) in [6, 6.07) is 19.6. The Hall–Kier alpha value is -3.72. The smallest absolute Gasteiger partial charge is 0.244 e. The van der Waals surface area contributed by atoms with E-state index in [0.717, 1.165) is 28.1 Å². The van der Waals surface area contributed by atoms with Crippen molar-refractivity contribution in [3.05, 3.63) is 77.2 Å². The number of hydrogen-bond acceptors (Lipinski definition) is 5. The van der Waals surface area contributed by atoms with Crippen LogP contribution in [0.15, 0.2) is 66.1 Å². The summed E-state index contributed by atoms with van der Waals surface area (Å²) in [6.45, 7) is 0. The minimum absolute atomic E-state index is 0.0811. The highest BCUT2D eigenvalue weighted by Gasteiger charge is 2.35. The average molecular weight is 344 g/mol. The van der Waals surface area contributed by atoms with E-state index >= 15 is 0 Å². The first-order valence-corrected chi connectivity index (χ1v) is 8.08. The molecule has 1 aliphatic rings. The number of nitrogens with zero attached hydrogens (tertiary/aromatic N) is 2. The Morgan fingerprint density at radius 1 is 1.19 bits per heavy atom. The van der Waals surface area contributed by atoms with E-state index in [9.17, 15) is 5.26 Å². The third-order valence-electron chi connectivity index (χ3n) is 4.43. The SMILES string of the molecule is COc1cccc(-c2[nH]nc3c2C(c2ccccc2)C(C#N)=C(N)O3)c1. The molecule has 0 aliphatic carbocycles. The highest BCUT2D eigenvalue weighted by atomic mass is 16.5. The van der Waals surface area contributed by atoms with Crippen LogP contribution in [0.25, 0.3) is 11.3 Å². The minimum atomic E-state index is -0.357. The molecule has 128 valence electrons. The van der Waals surface area contributed by atoms with E-state index in [1.165, 1.54) is 0 Å². The maximum absolute atomic E-state index is 9.68. The van der Waals surface area contributed by atoms with Gasteiger partial charge >= 0.3 is 0 Å². The summed E-state index contributed by atoms with van der Waals surface area (Å²) in [4.78, 5) is 0. The van der Waals surface area contributed by atoms with Crippen molar-refractivity contribution >= 4 is 0 Å². The number of rotatable bonds is 3. The lowest BCUT2D eigenvalue weighted by Gasteiger charge is -2.24. The second-order valence-corrected chi connectivity index (χ2v) is 5.88. The van der Waals surface area contributed by atoms with Crippen molar-refractivity contribution in [2.45, 2.75) is 5.92 Å². The number of methoxy groups -OCH3 is 1. The topological polar surface area (TPSA) is 97.0 Å². The number of nitrogens with one attached hydrogen (secondary N) is 1. The number of H-pyrrole nitrogens is 1. The van der Waals surface area contributed by atoms with Crippen LogP contribution in [0.2, 0.25) is 0 Å². The first-order valence-electron chi connectivity index (χ1n) is 8.08. The molecule has 3 aromatic rings. The largest absolute Gasteiger partial charge is 0.497 e. The molecule has 1 unspecified atom stereocenters. The third kappa shape index (κ3) is 2.47. The first-order chi connectivity index (χ1) is 12.7. The number of nitriles is 1. The Morgan fingerprint density at radius 2 is 2.00 bits per heavy atom. The van der Waals surface area contributed by atoms with Gasteiger partial charge in [-0.15, -0.1) is 5.10 Å². The van der Waals surface area contributed by atoms with Crippen molar-refractivity contribution < 1.29 is 9.47 Å². The maximum atomic E-state index is 9.68. The molecule has 1 atom stereocenters. The van der Waals surface area contributed by atoms with E-state index in [2.05, 4.69) is 16.3 Å². The maximum Gasteiger partial charge on any atom is 0.244 e. The standard InChI is InChI=1S/C20H16N4O2/c1-25-14-9-5-8-13(10-14)18-17-16(12-6-3-2-4-7-12)15(11-21)19(22)26-20(17)24-23-18/h2-10,16H,22H2,1H3,(H,23,24). The molecule has 3 N–H and O–H groups in total. The summed E-state index contributed by atoms with van der Waals surface area (Å²) in [7, 11) is 1.62. The number of aromatic amines is 1. The molecule has 26 heavy (non-hydrogen) atoms. The van der Waals surface area contributed by atoms with E-state index in [1.54, 1.807) is 7.11 Å². The molecule has 6 heteroatoms. The summed E-state index contributed by atoms with van der Waals surface area (Å²) >= 11 is 0. The highest BCUT2D eigenvalue weighted by Crippen LogP contribution is 2.45. The van der Waals surface area contributed by atoms with Gasteiger partial charge in [-0.25, -0.2) is 0 Å². The molecule has 0 saturated heterocycles. The molecule has 2 heterocycles. The van der Waals surface area contributed by atoms with Gasteiger partial charge in [-0.3, -0.25) is 5.10 Å². The van der Waals surface area contributed by atoms with Gasteiger partial charge in [0.2, 0.25) is 11.8 Å². The van der Waals surface area contributed by atoms with E-state index in [0.29, 0.717) is 11.5 Å². The molecular weight excluding hydrogens is 328 g/mol. The second-order valence-electron chi connectivity index (χ2n) is 5.88. The molecule has 2 aromatic carbocycles. The number of ether oxygens (including phenoxy) is 2. The van der Waals surface area contributed by atoms with Crippen LogP contribution in [0.5, 0.6) is 11.6 Å². The second kappa shape index (κ2) is 6.30. The van der Waals surface area contributed by atoms with Gasteiger partial charge < -0.3 is 15.2 Å². The van der Waals surface area contributed by atoms with Gasteiger partial charge in [0.15, 0.2) is 0 Å². The highest BCUT2D eigenvalue weighted by molar-refractivity contribution is 5.71. The molecule has 1 aromatic heterocycles. The first kappa shape index (κ1) is 15.8. The molecule has 6 nitrogen and oxygen atoms in total. The Balaban J connectivity index is 1.94. The van der Waals surface area contributed by atoms with Crippen LogP contribution in [-0.4, -0.2) is 17.3 Å². The summed E-state index contributed by atoms with van der Waals surface area (Å²) in [5.74, 6) is 0.838. The van der Waals surface area contributed by atoms with E-state index in [1.807, 2.05) is 54.6 Å². The lowest BCUT2D eigenvalue weighted by molar-refractivity contribution is 0.379. The van der Waals surface area contributed by atoms with Crippen LogP contribution >= 0.6 is 0 Å². The zero-order valence-electron chi connectivity index (χ0n) is 14.1. The Bertz CT molecular complexity index is 1030. The zero-order chi connectivity index (χ0) is 18.1. The van der Waals surface area contributed by atoms with Crippen LogP contribution in [0.3, 0.4) is 0 Å². The molecule has 0 bridgehead atoms. The monoisotopic (exact) mass is 344 g/mol. The predicted molar refractivity (Wildman–Crippen MR) is 96.3 cm³/mol. The van der Waals surface area contributed by atoms with Gasteiger partial charge in [-0.1, -0.05) is 42.5 Å². The van der Waals surface area contributed by atoms with E-state index in [4.69, 9.17) is 15.2 Å². The number of allylic oxidation sites excluding steroid dienone is 1. The van der Waals surface area contributed by atoms with Crippen molar-refractivity contribution in [2.24, 2.45) is 5.73 Å². The van der Waals surface area contributed by atoms with Crippen LogP contribution < -0.4 is 15.2 Å². The Kier molecular flexibility index (Phi) is 3.82. The molecule has 0 saturated carbocycles. The zero-order valence-corrected chi connectivity index (χ0v) is 14.1. The van der Waals surface area contributed by atoms with Crippen molar-refractivity contribution in [1.29, 1.82) is 5.26 Å². The van der Waals surface area contributed by atoms with Gasteiger partial charge in [0.1, 0.15) is 17.4 Å². The Labute approximate surface area is 150 Å². The predicted octanol–water partition coefficient (Wildman–Crippen LogP) is 3.30. The molecule has 0 spiro atoms. The number of aromatic nitrogens is 2. The Morgan fingerprint density at radius 3 is 2.73 bits per heavy atom. The van der Waals surface area contributed by atoms with Crippen molar-refractivity contribution in [1.82, 2.24) is 10.2 Å². The lowest BCUT2D eigenvalue weighted by Crippen LogP contribution is -2.20. The molecule has 0 fully saturated rings. The summed E-state index contributed by atoms with van der Waals surface area (Å²) < 4.78 is 10.9. The molecule has 1 aliphatic heterocycles. The van der Waals surface area contributed by atoms with Gasteiger partial charge in [0, 0.05) is 5.56 Å². The summed E-state index contributed by atoms with van der Waals surface area (Å²) in [5, 5.41) is 17.0. The molecular formula is C20H16N4O2. The van der Waals surface area contributed by atoms with Crippen LogP contribution in [0.1, 0.15) is 17.0 Å². The van der Waals surface area contributed by atoms with E-state index in [-0.39, 0.29) is 11.8 Å². The van der Waals surface area contributed by atoms with Crippen molar-refractivity contribution in [2.75, 3.05) is 7.11 Å². The molecule has 0 amide bonds. The van der Waals surface area contributed by atoms with E-state index < -0.39 is 0 Å². The molecule has 4 rings (SSSR count). The fraction of sp³-hybridized carbons (Fsp3) is 0.100. The van der Waals surface area contributed by atoms with Gasteiger partial charge in [0.05, 0.1) is 24.3 Å². The summed E-state index contributed by atoms with van der Waals surface area (Å²) in [6.07, 6.45) is 0. The minimum Gasteiger partial charge on any atom is -0.497 e. The van der Waals surface area contributed by atoms with Crippen LogP contribution in [0, 0.1) is 11.3 Å². The quantitative estimate of drug-likeness (QED) is 0.760. The number of hydrogen-bond donors (Lipinski definition) is 2.